The fraction of sp³-hybridized carbons (Fsp3) is 0.455. The van der Waals surface area contributed by atoms with Crippen LogP contribution in [0, 0.1) is 12.8 Å². The zero-order valence-corrected chi connectivity index (χ0v) is 27.3. The predicted octanol–water partition coefficient (Wildman–Crippen LogP) is 4.81. The molecule has 1 aliphatic carbocycles. The molecule has 11 heteroatoms. The van der Waals surface area contributed by atoms with Gasteiger partial charge in [0.2, 0.25) is 23.0 Å². The highest BCUT2D eigenvalue weighted by Crippen LogP contribution is 2.50. The van der Waals surface area contributed by atoms with E-state index in [2.05, 4.69) is 20.9 Å². The van der Waals surface area contributed by atoms with Crippen molar-refractivity contribution in [2.45, 2.75) is 65.5 Å². The number of aromatic nitrogens is 1. The number of methoxy groups -OCH3 is 3. The van der Waals surface area contributed by atoms with E-state index in [1.807, 2.05) is 38.3 Å². The molecule has 3 atom stereocenters. The number of carbonyl (C=O) groups is 2. The van der Waals surface area contributed by atoms with Gasteiger partial charge in [-0.1, -0.05) is 26.3 Å². The van der Waals surface area contributed by atoms with Crippen LogP contribution in [-0.2, 0) is 22.4 Å². The Morgan fingerprint density at radius 3 is 2.48 bits per heavy atom. The van der Waals surface area contributed by atoms with E-state index in [9.17, 15) is 14.4 Å². The first-order chi connectivity index (χ1) is 21.1. The molecule has 0 saturated heterocycles. The number of hydrogen-bond acceptors (Lipinski definition) is 9. The van der Waals surface area contributed by atoms with E-state index in [-0.39, 0.29) is 28.8 Å². The van der Waals surface area contributed by atoms with Gasteiger partial charge in [-0.2, -0.15) is 0 Å². The van der Waals surface area contributed by atoms with Crippen molar-refractivity contribution in [3.05, 3.63) is 61.7 Å². The van der Waals surface area contributed by atoms with E-state index in [0.29, 0.717) is 48.6 Å². The minimum atomic E-state index is -0.634. The van der Waals surface area contributed by atoms with Crippen LogP contribution in [0.1, 0.15) is 61.5 Å². The van der Waals surface area contributed by atoms with Gasteiger partial charge in [-0.3, -0.25) is 14.4 Å². The number of carbonyl (C=O) groups excluding carboxylic acids is 2. The molecule has 1 heterocycles. The van der Waals surface area contributed by atoms with Gasteiger partial charge in [-0.05, 0) is 60.6 Å². The molecular formula is C33H42N4O6S. The lowest BCUT2D eigenvalue weighted by Crippen LogP contribution is -2.45. The van der Waals surface area contributed by atoms with Gasteiger partial charge in [0.15, 0.2) is 11.5 Å². The number of fused-ring (bicyclic) bond motifs is 3. The molecule has 0 bridgehead atoms. The van der Waals surface area contributed by atoms with E-state index in [0.717, 1.165) is 33.8 Å². The SMILES string of the molecule is CC[C@@H](C)[C@H](Nc1ccc2c(cc1=O)[C@@H](NC(C)=O)CCc1cc(OC)c(OC)c(OC)c1-2)C(=O)NCCc1nc(C)cs1. The third-order valence-corrected chi connectivity index (χ3v) is 9.05. The number of nitrogens with one attached hydrogen (secondary N) is 3. The van der Waals surface area contributed by atoms with E-state index in [1.54, 1.807) is 44.8 Å². The van der Waals surface area contributed by atoms with Gasteiger partial charge in [0, 0.05) is 36.5 Å². The normalized spacial score (nSPS) is 15.1. The number of aryl methyl sites for hydroxylation is 2. The second-order valence-corrected chi connectivity index (χ2v) is 12.0. The fourth-order valence-corrected chi connectivity index (χ4v) is 6.39. The lowest BCUT2D eigenvalue weighted by molar-refractivity contribution is -0.123. The number of amides is 2. The molecule has 0 fully saturated rings. The Bertz CT molecular complexity index is 1570. The Hall–Kier alpha value is -4.12. The lowest BCUT2D eigenvalue weighted by Gasteiger charge is -2.24. The molecule has 0 radical (unpaired) electrons. The second-order valence-electron chi connectivity index (χ2n) is 11.0. The zero-order chi connectivity index (χ0) is 32.0. The molecule has 236 valence electrons. The molecule has 0 aliphatic heterocycles. The zero-order valence-electron chi connectivity index (χ0n) is 26.5. The Morgan fingerprint density at radius 1 is 1.11 bits per heavy atom. The van der Waals surface area contributed by atoms with Crippen LogP contribution in [0.25, 0.3) is 11.1 Å². The summed E-state index contributed by atoms with van der Waals surface area (Å²) in [6.07, 6.45) is 2.53. The van der Waals surface area contributed by atoms with Crippen molar-refractivity contribution in [3.8, 4) is 28.4 Å². The first-order valence-corrected chi connectivity index (χ1v) is 15.7. The summed E-state index contributed by atoms with van der Waals surface area (Å²) in [5.41, 5.74) is 4.05. The number of benzene rings is 1. The lowest BCUT2D eigenvalue weighted by atomic mass is 9.95. The quantitative estimate of drug-likeness (QED) is 0.263. The molecule has 3 aromatic rings. The average Bonchev–Trinajstić information content (AvgIpc) is 3.28. The molecule has 1 aromatic heterocycles. The predicted molar refractivity (Wildman–Crippen MR) is 173 cm³/mol. The van der Waals surface area contributed by atoms with Crippen LogP contribution < -0.4 is 35.6 Å². The number of nitrogens with zero attached hydrogens (tertiary/aromatic N) is 1. The topological polar surface area (TPSA) is 128 Å². The van der Waals surface area contributed by atoms with Crippen molar-refractivity contribution < 1.29 is 23.8 Å². The maximum absolute atomic E-state index is 13.8. The molecule has 10 nitrogen and oxygen atoms in total. The highest BCUT2D eigenvalue weighted by molar-refractivity contribution is 7.09. The van der Waals surface area contributed by atoms with Crippen LogP contribution in [0.3, 0.4) is 0 Å². The molecule has 3 N–H and O–H groups in total. The number of anilines is 1. The molecule has 0 spiro atoms. The standard InChI is InChI=1S/C33H42N4O6S/c1-8-18(2)30(33(40)34-14-13-28-35-19(3)17-44-28)37-25-12-10-22-23(16-26(25)39)24(36-20(4)38)11-9-21-15-27(41-5)31(42-6)32(43-7)29(21)22/h10,12,15-18,24,30H,8-9,11,13-14H2,1-7H3,(H,34,40)(H,36,38)(H,37,39)/t18-,24+,30+/m1/s1. The minimum Gasteiger partial charge on any atom is -0.493 e. The number of thiazole rings is 1. The summed E-state index contributed by atoms with van der Waals surface area (Å²) < 4.78 is 17.1. The van der Waals surface area contributed by atoms with Crippen molar-refractivity contribution in [2.24, 2.45) is 5.92 Å². The molecule has 4 rings (SSSR count). The van der Waals surface area contributed by atoms with E-state index < -0.39 is 12.1 Å². The van der Waals surface area contributed by atoms with Crippen LogP contribution in [0.15, 0.2) is 34.4 Å². The van der Waals surface area contributed by atoms with Gasteiger partial charge in [0.25, 0.3) is 0 Å². The Kier molecular flexibility index (Phi) is 10.9. The van der Waals surface area contributed by atoms with E-state index >= 15 is 0 Å². The van der Waals surface area contributed by atoms with Gasteiger partial charge >= 0.3 is 0 Å². The highest BCUT2D eigenvalue weighted by Gasteiger charge is 2.30. The first-order valence-electron chi connectivity index (χ1n) is 14.8. The minimum absolute atomic E-state index is 0.0514. The number of rotatable bonds is 12. The van der Waals surface area contributed by atoms with Gasteiger partial charge in [-0.15, -0.1) is 11.3 Å². The summed E-state index contributed by atoms with van der Waals surface area (Å²) in [6.45, 7) is 7.85. The van der Waals surface area contributed by atoms with Crippen LogP contribution in [-0.4, -0.2) is 50.7 Å². The number of hydrogen-bond donors (Lipinski definition) is 3. The second kappa shape index (κ2) is 14.6. The molecule has 1 aliphatic rings. The van der Waals surface area contributed by atoms with Gasteiger partial charge in [-0.25, -0.2) is 4.98 Å². The van der Waals surface area contributed by atoms with Gasteiger partial charge < -0.3 is 30.2 Å². The summed E-state index contributed by atoms with van der Waals surface area (Å²) in [4.78, 5) is 43.9. The van der Waals surface area contributed by atoms with Crippen LogP contribution in [0.2, 0.25) is 0 Å². The third-order valence-electron chi connectivity index (χ3n) is 8.03. The maximum Gasteiger partial charge on any atom is 0.242 e. The molecule has 2 amide bonds. The van der Waals surface area contributed by atoms with Gasteiger partial charge in [0.1, 0.15) is 6.04 Å². The summed E-state index contributed by atoms with van der Waals surface area (Å²) in [5.74, 6) is 1.01. The largest absolute Gasteiger partial charge is 0.493 e. The van der Waals surface area contributed by atoms with Crippen LogP contribution in [0.4, 0.5) is 5.69 Å². The summed E-state index contributed by atoms with van der Waals surface area (Å²) in [5, 5.41) is 12.3. The van der Waals surface area contributed by atoms with E-state index in [1.165, 1.54) is 6.92 Å². The summed E-state index contributed by atoms with van der Waals surface area (Å²) in [7, 11) is 4.68. The van der Waals surface area contributed by atoms with Crippen molar-refractivity contribution >= 4 is 28.8 Å². The van der Waals surface area contributed by atoms with Crippen LogP contribution in [0.5, 0.6) is 17.2 Å². The summed E-state index contributed by atoms with van der Waals surface area (Å²) in [6, 6.07) is 5.97. The Morgan fingerprint density at radius 2 is 1.86 bits per heavy atom. The maximum atomic E-state index is 13.8. The monoisotopic (exact) mass is 622 g/mol. The third kappa shape index (κ3) is 7.15. The Balaban J connectivity index is 1.77. The van der Waals surface area contributed by atoms with Crippen molar-refractivity contribution in [1.82, 2.24) is 15.6 Å². The highest BCUT2D eigenvalue weighted by atomic mass is 32.1. The molecule has 0 unspecified atom stereocenters. The average molecular weight is 623 g/mol. The summed E-state index contributed by atoms with van der Waals surface area (Å²) >= 11 is 1.57. The fourth-order valence-electron chi connectivity index (χ4n) is 5.62. The smallest absolute Gasteiger partial charge is 0.242 e. The molecule has 2 aromatic carbocycles. The Labute approximate surface area is 262 Å². The molecular weight excluding hydrogens is 580 g/mol. The molecule has 0 saturated carbocycles. The number of ether oxygens (including phenoxy) is 3. The molecule has 44 heavy (non-hydrogen) atoms. The first kappa shape index (κ1) is 32.8. The van der Waals surface area contributed by atoms with Crippen LogP contribution >= 0.6 is 11.3 Å². The van der Waals surface area contributed by atoms with Crippen molar-refractivity contribution in [1.29, 1.82) is 0 Å². The van der Waals surface area contributed by atoms with Crippen molar-refractivity contribution in [3.63, 3.8) is 0 Å². The van der Waals surface area contributed by atoms with Gasteiger partial charge in [0.05, 0.1) is 38.1 Å². The van der Waals surface area contributed by atoms with Crippen molar-refractivity contribution in [2.75, 3.05) is 33.2 Å². The van der Waals surface area contributed by atoms with E-state index in [4.69, 9.17) is 14.2 Å².